The second-order valence-electron chi connectivity index (χ2n) is 6.32. The first-order chi connectivity index (χ1) is 12.0. The van der Waals surface area contributed by atoms with Crippen LogP contribution < -0.4 is 4.90 Å². The second kappa shape index (κ2) is 5.70. The molecular formula is C19H15ClN2O3. The minimum Gasteiger partial charge on any atom is -0.381 e. The van der Waals surface area contributed by atoms with Crippen LogP contribution in [0.2, 0.25) is 5.02 Å². The number of anilines is 1. The molecule has 2 aliphatic rings. The van der Waals surface area contributed by atoms with E-state index in [2.05, 4.69) is 5.16 Å². The van der Waals surface area contributed by atoms with Gasteiger partial charge in [0.2, 0.25) is 12.0 Å². The Hall–Kier alpha value is -2.66. The molecule has 4 rings (SSSR count). The molecule has 0 spiro atoms. The molecule has 126 valence electrons. The predicted octanol–water partition coefficient (Wildman–Crippen LogP) is 3.25. The van der Waals surface area contributed by atoms with Crippen molar-refractivity contribution in [3.63, 3.8) is 0 Å². The third-order valence-electron chi connectivity index (χ3n) is 4.43. The lowest BCUT2D eigenvalue weighted by Crippen LogP contribution is -2.33. The molecule has 2 aromatic rings. The molecule has 0 N–H and O–H groups in total. The number of hydrogen-bond acceptors (Lipinski definition) is 4. The number of hydrogen-bond donors (Lipinski definition) is 0. The number of carbonyl (C=O) groups excluding carboxylic acids is 2. The van der Waals surface area contributed by atoms with Crippen LogP contribution in [0, 0.1) is 19.8 Å². The maximum atomic E-state index is 13.0. The maximum absolute atomic E-state index is 13.0. The summed E-state index contributed by atoms with van der Waals surface area (Å²) in [6.07, 6.45) is -0.931. The lowest BCUT2D eigenvalue weighted by atomic mass is 9.94. The monoisotopic (exact) mass is 354 g/mol. The fourth-order valence-corrected chi connectivity index (χ4v) is 3.64. The van der Waals surface area contributed by atoms with E-state index in [4.69, 9.17) is 16.4 Å². The van der Waals surface area contributed by atoms with E-state index in [1.54, 1.807) is 24.3 Å². The minimum atomic E-state index is -0.931. The standard InChI is InChI=1S/C19H15ClN2O3/c1-10-7-11(2)9-12(8-10)22-18(23)15-16(21-25-17(15)19(22)24)13-5-3-4-6-14(13)20/h3-9,15,17H,1-2H3/t15-,17+/m0/s1. The average molecular weight is 355 g/mol. The fraction of sp³-hybridized carbons (Fsp3) is 0.211. The lowest BCUT2D eigenvalue weighted by Gasteiger charge is -2.17. The number of fused-ring (bicyclic) bond motifs is 1. The number of aryl methyl sites for hydroxylation is 2. The first-order valence-corrected chi connectivity index (χ1v) is 8.30. The fourth-order valence-electron chi connectivity index (χ4n) is 3.40. The molecule has 2 aromatic carbocycles. The van der Waals surface area contributed by atoms with E-state index in [9.17, 15) is 9.59 Å². The zero-order chi connectivity index (χ0) is 17.7. The Morgan fingerprint density at radius 1 is 1.04 bits per heavy atom. The van der Waals surface area contributed by atoms with Crippen LogP contribution in [0.25, 0.3) is 0 Å². The van der Waals surface area contributed by atoms with Gasteiger partial charge in [-0.2, -0.15) is 0 Å². The first-order valence-electron chi connectivity index (χ1n) is 7.92. The third-order valence-corrected chi connectivity index (χ3v) is 4.76. The summed E-state index contributed by atoms with van der Waals surface area (Å²) in [6.45, 7) is 3.85. The highest BCUT2D eigenvalue weighted by Gasteiger charge is 2.56. The molecule has 0 bridgehead atoms. The van der Waals surface area contributed by atoms with Crippen molar-refractivity contribution in [3.05, 3.63) is 64.2 Å². The van der Waals surface area contributed by atoms with Gasteiger partial charge in [0.15, 0.2) is 0 Å². The predicted molar refractivity (Wildman–Crippen MR) is 94.8 cm³/mol. The highest BCUT2D eigenvalue weighted by molar-refractivity contribution is 6.38. The molecule has 5 nitrogen and oxygen atoms in total. The van der Waals surface area contributed by atoms with Gasteiger partial charge in [0.05, 0.1) is 5.69 Å². The van der Waals surface area contributed by atoms with Crippen LogP contribution in [-0.2, 0) is 14.4 Å². The topological polar surface area (TPSA) is 59.0 Å². The van der Waals surface area contributed by atoms with Crippen molar-refractivity contribution < 1.29 is 14.4 Å². The Labute approximate surface area is 149 Å². The number of carbonyl (C=O) groups is 2. The van der Waals surface area contributed by atoms with Gasteiger partial charge < -0.3 is 4.84 Å². The molecule has 2 aliphatic heterocycles. The third kappa shape index (κ3) is 2.43. The van der Waals surface area contributed by atoms with Crippen LogP contribution in [0.4, 0.5) is 5.69 Å². The first kappa shape index (κ1) is 15.8. The van der Waals surface area contributed by atoms with Crippen molar-refractivity contribution in [2.45, 2.75) is 20.0 Å². The molecule has 0 radical (unpaired) electrons. The molecular weight excluding hydrogens is 340 g/mol. The average Bonchev–Trinajstić information content (AvgIpc) is 3.08. The van der Waals surface area contributed by atoms with E-state index in [0.717, 1.165) is 11.1 Å². The summed E-state index contributed by atoms with van der Waals surface area (Å²) in [5.74, 6) is -1.50. The lowest BCUT2D eigenvalue weighted by molar-refractivity contribution is -0.126. The molecule has 6 heteroatoms. The zero-order valence-corrected chi connectivity index (χ0v) is 14.4. The molecule has 0 aliphatic carbocycles. The van der Waals surface area contributed by atoms with Crippen LogP contribution in [-0.4, -0.2) is 23.6 Å². The quantitative estimate of drug-likeness (QED) is 0.778. The summed E-state index contributed by atoms with van der Waals surface area (Å²) < 4.78 is 0. The summed E-state index contributed by atoms with van der Waals surface area (Å²) in [7, 11) is 0. The van der Waals surface area contributed by atoms with Gasteiger partial charge in [-0.15, -0.1) is 0 Å². The molecule has 2 atom stereocenters. The molecule has 2 heterocycles. The Morgan fingerprint density at radius 3 is 2.40 bits per heavy atom. The number of rotatable bonds is 2. The normalized spacial score (nSPS) is 22.0. The Bertz CT molecular complexity index is 918. The molecule has 25 heavy (non-hydrogen) atoms. The van der Waals surface area contributed by atoms with E-state index < -0.39 is 17.9 Å². The summed E-state index contributed by atoms with van der Waals surface area (Å²) >= 11 is 6.23. The molecule has 0 saturated carbocycles. The molecule has 0 aromatic heterocycles. The molecule has 0 unspecified atom stereocenters. The van der Waals surface area contributed by atoms with Crippen LogP contribution in [0.5, 0.6) is 0 Å². The number of halogens is 1. The van der Waals surface area contributed by atoms with Gasteiger partial charge in [-0.05, 0) is 43.2 Å². The van der Waals surface area contributed by atoms with Crippen LogP contribution in [0.3, 0.4) is 0 Å². The maximum Gasteiger partial charge on any atom is 0.278 e. The van der Waals surface area contributed by atoms with Crippen LogP contribution >= 0.6 is 11.6 Å². The van der Waals surface area contributed by atoms with Gasteiger partial charge in [-0.1, -0.05) is 41.0 Å². The van der Waals surface area contributed by atoms with E-state index in [1.165, 1.54) is 4.90 Å². The van der Waals surface area contributed by atoms with Gasteiger partial charge in [0.1, 0.15) is 11.6 Å². The summed E-state index contributed by atoms with van der Waals surface area (Å²) in [6, 6.07) is 12.7. The molecule has 1 fully saturated rings. The van der Waals surface area contributed by atoms with Crippen molar-refractivity contribution in [3.8, 4) is 0 Å². The summed E-state index contributed by atoms with van der Waals surface area (Å²) in [5.41, 5.74) is 3.53. The van der Waals surface area contributed by atoms with Crippen molar-refractivity contribution >= 4 is 34.8 Å². The summed E-state index contributed by atoms with van der Waals surface area (Å²) in [4.78, 5) is 32.3. The number of benzene rings is 2. The van der Waals surface area contributed by atoms with Crippen molar-refractivity contribution in [2.75, 3.05) is 4.90 Å². The highest BCUT2D eigenvalue weighted by Crippen LogP contribution is 2.36. The van der Waals surface area contributed by atoms with Crippen molar-refractivity contribution in [1.29, 1.82) is 0 Å². The van der Waals surface area contributed by atoms with Gasteiger partial charge in [-0.25, -0.2) is 4.90 Å². The number of amides is 2. The minimum absolute atomic E-state index is 0.337. The Kier molecular flexibility index (Phi) is 3.62. The van der Waals surface area contributed by atoms with Gasteiger partial charge in [0.25, 0.3) is 5.91 Å². The van der Waals surface area contributed by atoms with Gasteiger partial charge in [0, 0.05) is 10.6 Å². The molecule has 2 amide bonds. The summed E-state index contributed by atoms with van der Waals surface area (Å²) in [5, 5.41) is 4.45. The largest absolute Gasteiger partial charge is 0.381 e. The smallest absolute Gasteiger partial charge is 0.278 e. The van der Waals surface area contributed by atoms with Gasteiger partial charge in [-0.3, -0.25) is 9.59 Å². The second-order valence-corrected chi connectivity index (χ2v) is 6.73. The zero-order valence-electron chi connectivity index (χ0n) is 13.7. The van der Waals surface area contributed by atoms with Crippen LogP contribution in [0.15, 0.2) is 47.6 Å². The SMILES string of the molecule is Cc1cc(C)cc(N2C(=O)[C@H]3C(c4ccccc4Cl)=NO[C@H]3C2=O)c1. The van der Waals surface area contributed by atoms with E-state index >= 15 is 0 Å². The van der Waals surface area contributed by atoms with Crippen molar-refractivity contribution in [2.24, 2.45) is 11.1 Å². The Balaban J connectivity index is 1.75. The van der Waals surface area contributed by atoms with E-state index in [1.807, 2.05) is 32.0 Å². The van der Waals surface area contributed by atoms with E-state index in [0.29, 0.717) is 22.0 Å². The number of imide groups is 1. The van der Waals surface area contributed by atoms with Crippen molar-refractivity contribution in [1.82, 2.24) is 0 Å². The highest BCUT2D eigenvalue weighted by atomic mass is 35.5. The number of nitrogens with zero attached hydrogens (tertiary/aromatic N) is 2. The van der Waals surface area contributed by atoms with Crippen LogP contribution in [0.1, 0.15) is 16.7 Å². The van der Waals surface area contributed by atoms with E-state index in [-0.39, 0.29) is 5.91 Å². The molecule has 1 saturated heterocycles. The Morgan fingerprint density at radius 2 is 1.72 bits per heavy atom. The number of oxime groups is 1. The van der Waals surface area contributed by atoms with Gasteiger partial charge >= 0.3 is 0 Å².